The van der Waals surface area contributed by atoms with Crippen molar-refractivity contribution in [3.8, 4) is 11.5 Å². The Kier molecular flexibility index (Phi) is 14.6. The van der Waals surface area contributed by atoms with Gasteiger partial charge in [-0.15, -0.1) is 0 Å². The van der Waals surface area contributed by atoms with Gasteiger partial charge in [0.1, 0.15) is 42.5 Å². The first-order valence-electron chi connectivity index (χ1n) is 12.8. The van der Waals surface area contributed by atoms with Gasteiger partial charge in [-0.05, 0) is 37.1 Å². The van der Waals surface area contributed by atoms with Crippen LogP contribution in [-0.2, 0) is 19.2 Å². The number of hydrogen-bond acceptors (Lipinski definition) is 12. The topological polar surface area (TPSA) is 259 Å². The van der Waals surface area contributed by atoms with Gasteiger partial charge in [0.05, 0.1) is 6.61 Å². The van der Waals surface area contributed by atoms with Gasteiger partial charge in [-0.25, -0.2) is 4.18 Å². The highest BCUT2D eigenvalue weighted by Crippen LogP contribution is 2.31. The Morgan fingerprint density at radius 1 is 1.02 bits per heavy atom. The van der Waals surface area contributed by atoms with Crippen LogP contribution in [-0.4, -0.2) is 113 Å². The number of aliphatic hydroxyl groups is 5. The molecule has 3 rings (SSSR count). The highest BCUT2D eigenvalue weighted by molar-refractivity contribution is 7.84. The molecule has 234 valence electrons. The zero-order valence-corrected chi connectivity index (χ0v) is 23.4. The maximum Gasteiger partial charge on any atom is 0.355 e. The van der Waals surface area contributed by atoms with Crippen LogP contribution in [0.4, 0.5) is 0 Å². The van der Waals surface area contributed by atoms with Gasteiger partial charge >= 0.3 is 16.3 Å². The van der Waals surface area contributed by atoms with Crippen LogP contribution in [0.25, 0.3) is 0 Å². The van der Waals surface area contributed by atoms with E-state index in [9.17, 15) is 34.0 Å². The summed E-state index contributed by atoms with van der Waals surface area (Å²) in [5.74, 6) is -2.36. The van der Waals surface area contributed by atoms with E-state index in [2.05, 4.69) is 10.0 Å². The lowest BCUT2D eigenvalue weighted by Gasteiger charge is -2.44. The van der Waals surface area contributed by atoms with Crippen LogP contribution in [0.15, 0.2) is 24.3 Å². The van der Waals surface area contributed by atoms with Crippen molar-refractivity contribution >= 4 is 10.3 Å². The maximum atomic E-state index is 12.6. The van der Waals surface area contributed by atoms with Gasteiger partial charge in [-0.2, -0.15) is 13.1 Å². The SMILES string of the molecule is CC(C)NC[C@H](COc1ccc(O[C@]2(O)O[C@H](CO)[C@@H](O)[C@H](O)[C@H]2O)cc1)OS(=O)(=O)NC1CCCCC1.O.O. The zero-order chi connectivity index (χ0) is 27.9. The van der Waals surface area contributed by atoms with E-state index in [0.29, 0.717) is 5.75 Å². The number of rotatable bonds is 13. The fraction of sp³-hybridized carbons (Fsp3) is 0.750. The summed E-state index contributed by atoms with van der Waals surface area (Å²) in [6.45, 7) is 3.26. The van der Waals surface area contributed by atoms with Gasteiger partial charge in [0, 0.05) is 18.6 Å². The van der Waals surface area contributed by atoms with Crippen molar-refractivity contribution in [2.75, 3.05) is 19.8 Å². The van der Waals surface area contributed by atoms with Gasteiger partial charge in [-0.1, -0.05) is 33.1 Å². The smallest absolute Gasteiger partial charge is 0.355 e. The van der Waals surface area contributed by atoms with Gasteiger partial charge in [0.25, 0.3) is 0 Å². The van der Waals surface area contributed by atoms with E-state index in [0.717, 1.165) is 32.1 Å². The Morgan fingerprint density at radius 3 is 2.20 bits per heavy atom. The highest BCUT2D eigenvalue weighted by Gasteiger charge is 2.55. The molecule has 11 N–H and O–H groups in total. The summed E-state index contributed by atoms with van der Waals surface area (Å²) >= 11 is 0. The average molecular weight is 601 g/mol. The summed E-state index contributed by atoms with van der Waals surface area (Å²) in [5, 5.41) is 53.0. The molecule has 1 aliphatic carbocycles. The van der Waals surface area contributed by atoms with E-state index in [-0.39, 0.29) is 41.9 Å². The molecular formula is C24H44N2O13S. The molecule has 1 saturated carbocycles. The van der Waals surface area contributed by atoms with Gasteiger partial charge in [-0.3, -0.25) is 0 Å². The normalized spacial score (nSPS) is 28.3. The Bertz CT molecular complexity index is 960. The second kappa shape index (κ2) is 16.1. The summed E-state index contributed by atoms with van der Waals surface area (Å²) in [7, 11) is -3.99. The summed E-state index contributed by atoms with van der Waals surface area (Å²) < 4.78 is 49.4. The van der Waals surface area contributed by atoms with Crippen LogP contribution >= 0.6 is 0 Å². The second-order valence-electron chi connectivity index (χ2n) is 9.97. The van der Waals surface area contributed by atoms with Gasteiger partial charge in [0.2, 0.25) is 0 Å². The molecule has 0 aromatic heterocycles. The van der Waals surface area contributed by atoms with Crippen molar-refractivity contribution in [2.24, 2.45) is 0 Å². The van der Waals surface area contributed by atoms with E-state index >= 15 is 0 Å². The van der Waals surface area contributed by atoms with Crippen LogP contribution in [0.5, 0.6) is 11.5 Å². The van der Waals surface area contributed by atoms with E-state index < -0.39 is 53.4 Å². The molecular weight excluding hydrogens is 556 g/mol. The molecule has 0 bridgehead atoms. The van der Waals surface area contributed by atoms with Crippen LogP contribution in [0.2, 0.25) is 0 Å². The summed E-state index contributed by atoms with van der Waals surface area (Å²) in [6, 6.07) is 5.69. The first-order valence-corrected chi connectivity index (χ1v) is 14.2. The number of aliphatic hydroxyl groups excluding tert-OH is 4. The number of ether oxygens (including phenoxy) is 3. The minimum atomic E-state index is -3.99. The quantitative estimate of drug-likeness (QED) is 0.116. The molecule has 40 heavy (non-hydrogen) atoms. The lowest BCUT2D eigenvalue weighted by molar-refractivity contribution is -0.422. The summed E-state index contributed by atoms with van der Waals surface area (Å²) in [4.78, 5) is 0. The molecule has 16 heteroatoms. The Morgan fingerprint density at radius 2 is 1.62 bits per heavy atom. The van der Waals surface area contributed by atoms with Crippen LogP contribution in [0.3, 0.4) is 0 Å². The molecule has 6 atom stereocenters. The lowest BCUT2D eigenvalue weighted by Crippen LogP contribution is -2.67. The Hall–Kier alpha value is -1.67. The lowest BCUT2D eigenvalue weighted by atomic mass is 9.96. The Balaban J connectivity index is 0.00000400. The number of nitrogens with one attached hydrogen (secondary N) is 2. The molecule has 1 aromatic carbocycles. The van der Waals surface area contributed by atoms with Gasteiger partial charge < -0.3 is 56.0 Å². The fourth-order valence-electron chi connectivity index (χ4n) is 4.29. The third kappa shape index (κ3) is 10.3. The molecule has 1 aromatic rings. The van der Waals surface area contributed by atoms with E-state index in [1.54, 1.807) is 0 Å². The zero-order valence-electron chi connectivity index (χ0n) is 22.6. The maximum absolute atomic E-state index is 12.6. The summed E-state index contributed by atoms with van der Waals surface area (Å²) in [5.41, 5.74) is 0. The van der Waals surface area contributed by atoms with E-state index in [1.807, 2.05) is 13.8 Å². The largest absolute Gasteiger partial charge is 0.491 e. The molecule has 0 spiro atoms. The van der Waals surface area contributed by atoms with Crippen molar-refractivity contribution < 1.29 is 63.3 Å². The van der Waals surface area contributed by atoms with Crippen LogP contribution in [0, 0.1) is 0 Å². The minimum absolute atomic E-state index is 0. The van der Waals surface area contributed by atoms with Crippen molar-refractivity contribution in [1.82, 2.24) is 10.0 Å². The third-order valence-corrected chi connectivity index (χ3v) is 7.53. The first-order chi connectivity index (χ1) is 17.9. The standard InChI is InChI=1S/C24H40N2O11S.2H2O/c1-15(2)25-12-19(37-38(32,33)26-16-6-4-3-5-7-16)14-34-17-8-10-18(11-9-17)35-24(31)23(30)22(29)21(28)20(13-27)36-24;;/h8-11,15-16,19-23,25-31H,3-7,12-14H2,1-2H3;2*1H2/t19-,20-,21-,22+,23-,24+;;/m1../s1. The second-order valence-corrected chi connectivity index (χ2v) is 11.3. The summed E-state index contributed by atoms with van der Waals surface area (Å²) in [6.07, 6.45) is -3.08. The predicted molar refractivity (Wildman–Crippen MR) is 142 cm³/mol. The minimum Gasteiger partial charge on any atom is -0.491 e. The van der Waals surface area contributed by atoms with Crippen LogP contribution < -0.4 is 19.5 Å². The molecule has 0 amide bonds. The molecule has 1 saturated heterocycles. The van der Waals surface area contributed by atoms with E-state index in [4.69, 9.17) is 18.4 Å². The van der Waals surface area contributed by atoms with Crippen molar-refractivity contribution in [1.29, 1.82) is 0 Å². The first kappa shape index (κ1) is 36.4. The van der Waals surface area contributed by atoms with Gasteiger partial charge in [0.15, 0.2) is 6.10 Å². The molecule has 0 radical (unpaired) electrons. The molecule has 15 nitrogen and oxygen atoms in total. The molecule has 1 aliphatic heterocycles. The predicted octanol–water partition coefficient (Wildman–Crippen LogP) is -2.53. The van der Waals surface area contributed by atoms with Crippen molar-refractivity contribution in [3.05, 3.63) is 24.3 Å². The molecule has 2 fully saturated rings. The molecule has 0 unspecified atom stereocenters. The molecule has 1 heterocycles. The average Bonchev–Trinajstić information content (AvgIpc) is 2.87. The highest BCUT2D eigenvalue weighted by atomic mass is 32.2. The monoisotopic (exact) mass is 600 g/mol. The van der Waals surface area contributed by atoms with E-state index in [1.165, 1.54) is 24.3 Å². The third-order valence-electron chi connectivity index (χ3n) is 6.38. The van der Waals surface area contributed by atoms with Crippen molar-refractivity contribution in [2.45, 2.75) is 94.5 Å². The number of hydrogen-bond donors (Lipinski definition) is 7. The Labute approximate surface area is 233 Å². The van der Waals surface area contributed by atoms with Crippen LogP contribution in [0.1, 0.15) is 46.0 Å². The molecule has 2 aliphatic rings. The van der Waals surface area contributed by atoms with Crippen molar-refractivity contribution in [3.63, 3.8) is 0 Å². The number of benzene rings is 1. The fourth-order valence-corrected chi connectivity index (χ4v) is 5.47.